The van der Waals surface area contributed by atoms with Crippen LogP contribution in [-0.4, -0.2) is 56.0 Å². The normalized spacial score (nSPS) is 20.5. The minimum Gasteiger partial charge on any atom is -0.381 e. The lowest BCUT2D eigenvalue weighted by molar-refractivity contribution is -0.0608. The molecule has 2 aliphatic rings. The molecule has 0 saturated carbocycles. The maximum Gasteiger partial charge on any atom is 0.246 e. The van der Waals surface area contributed by atoms with Crippen molar-refractivity contribution in [1.29, 1.82) is 0 Å². The number of hydrogen-bond acceptors (Lipinski definition) is 4. The molecular weight excluding hydrogens is 417 g/mol. The van der Waals surface area contributed by atoms with Crippen molar-refractivity contribution >= 4 is 10.0 Å². The summed E-state index contributed by atoms with van der Waals surface area (Å²) in [5, 5.41) is 0. The molecule has 0 radical (unpaired) electrons. The molecule has 2 saturated heterocycles. The Morgan fingerprint density at radius 1 is 0.967 bits per heavy atom. The van der Waals surface area contributed by atoms with E-state index in [1.807, 2.05) is 6.07 Å². The summed E-state index contributed by atoms with van der Waals surface area (Å²) in [6.45, 7) is 2.09. The third kappa shape index (κ3) is 4.12. The van der Waals surface area contributed by atoms with Crippen molar-refractivity contribution in [3.63, 3.8) is 0 Å². The fourth-order valence-electron chi connectivity index (χ4n) is 4.32. The van der Waals surface area contributed by atoms with Crippen LogP contribution in [0.3, 0.4) is 0 Å². The molecule has 4 rings (SSSR count). The first kappa shape index (κ1) is 21.3. The van der Waals surface area contributed by atoms with Crippen LogP contribution in [0.1, 0.15) is 18.4 Å². The van der Waals surface area contributed by atoms with Crippen LogP contribution in [0.25, 0.3) is 0 Å². The first-order chi connectivity index (χ1) is 14.3. The summed E-state index contributed by atoms with van der Waals surface area (Å²) in [6, 6.07) is 8.78. The van der Waals surface area contributed by atoms with Crippen LogP contribution >= 0.6 is 0 Å². The number of ether oxygens (including phenoxy) is 1. The van der Waals surface area contributed by atoms with E-state index in [0.29, 0.717) is 39.1 Å². The maximum absolute atomic E-state index is 14.2. The Kier molecular flexibility index (Phi) is 5.89. The number of benzene rings is 2. The van der Waals surface area contributed by atoms with Crippen molar-refractivity contribution in [3.05, 3.63) is 65.5 Å². The predicted octanol–water partition coefficient (Wildman–Crippen LogP) is 3.16. The van der Waals surface area contributed by atoms with Gasteiger partial charge < -0.3 is 4.74 Å². The molecule has 0 aromatic heterocycles. The van der Waals surface area contributed by atoms with Gasteiger partial charge in [0, 0.05) is 44.9 Å². The first-order valence-corrected chi connectivity index (χ1v) is 11.3. The minimum atomic E-state index is -4.20. The van der Waals surface area contributed by atoms with E-state index in [9.17, 15) is 21.6 Å². The molecule has 0 bridgehead atoms. The zero-order chi connectivity index (χ0) is 21.4. The van der Waals surface area contributed by atoms with Gasteiger partial charge in [-0.1, -0.05) is 12.1 Å². The van der Waals surface area contributed by atoms with Crippen LogP contribution in [0.15, 0.2) is 47.4 Å². The Labute approximate surface area is 174 Å². The van der Waals surface area contributed by atoms with Crippen LogP contribution in [0.4, 0.5) is 13.2 Å². The lowest BCUT2D eigenvalue weighted by atomic mass is 9.86. The number of rotatable bonds is 4. The zero-order valence-electron chi connectivity index (χ0n) is 16.4. The monoisotopic (exact) mass is 440 g/mol. The smallest absolute Gasteiger partial charge is 0.246 e. The third-order valence-electron chi connectivity index (χ3n) is 5.96. The number of hydrogen-bond donors (Lipinski definition) is 0. The van der Waals surface area contributed by atoms with E-state index in [-0.39, 0.29) is 18.9 Å². The van der Waals surface area contributed by atoms with E-state index in [1.54, 1.807) is 6.07 Å². The average Bonchev–Trinajstić information content (AvgIpc) is 2.72. The molecule has 30 heavy (non-hydrogen) atoms. The largest absolute Gasteiger partial charge is 0.381 e. The Morgan fingerprint density at radius 2 is 1.70 bits per heavy atom. The summed E-state index contributed by atoms with van der Waals surface area (Å²) in [4.78, 5) is 1.52. The Hall–Kier alpha value is -1.94. The van der Waals surface area contributed by atoms with Crippen LogP contribution in [0, 0.1) is 17.5 Å². The molecule has 0 N–H and O–H groups in total. The Balaban J connectivity index is 1.63. The molecule has 2 fully saturated rings. The van der Waals surface area contributed by atoms with Crippen molar-refractivity contribution in [1.82, 2.24) is 9.21 Å². The average molecular weight is 440 g/mol. The highest BCUT2D eigenvalue weighted by Gasteiger charge is 2.46. The molecule has 162 valence electrons. The van der Waals surface area contributed by atoms with Crippen LogP contribution in [0.5, 0.6) is 0 Å². The Bertz CT molecular complexity index is 1030. The molecule has 2 heterocycles. The van der Waals surface area contributed by atoms with Gasteiger partial charge in [0.15, 0.2) is 0 Å². The van der Waals surface area contributed by atoms with Gasteiger partial charge in [-0.2, -0.15) is 4.31 Å². The van der Waals surface area contributed by atoms with Crippen LogP contribution in [0.2, 0.25) is 0 Å². The number of halogens is 3. The first-order valence-electron chi connectivity index (χ1n) is 9.83. The van der Waals surface area contributed by atoms with Crippen LogP contribution < -0.4 is 0 Å². The van der Waals surface area contributed by atoms with Gasteiger partial charge in [-0.15, -0.1) is 0 Å². The van der Waals surface area contributed by atoms with Gasteiger partial charge in [0.1, 0.15) is 22.3 Å². The van der Waals surface area contributed by atoms with Crippen molar-refractivity contribution in [3.8, 4) is 0 Å². The highest BCUT2D eigenvalue weighted by Crippen LogP contribution is 2.35. The zero-order valence-corrected chi connectivity index (χ0v) is 17.2. The second kappa shape index (κ2) is 8.30. The fraction of sp³-hybridized carbons (Fsp3) is 0.429. The van der Waals surface area contributed by atoms with Crippen molar-refractivity contribution in [2.75, 3.05) is 32.8 Å². The highest BCUT2D eigenvalue weighted by molar-refractivity contribution is 7.89. The summed E-state index contributed by atoms with van der Waals surface area (Å²) in [7, 11) is -4.20. The van der Waals surface area contributed by atoms with Crippen molar-refractivity contribution < 1.29 is 26.3 Å². The summed E-state index contributed by atoms with van der Waals surface area (Å²) >= 11 is 0. The molecule has 1 spiro atoms. The standard InChI is InChI=1S/C21H23F3N2O3S/c22-17-3-1-2-16(12-17)14-25-8-9-26(15-21(25)6-10-29-11-7-21)30(27,28)20-13-18(23)4-5-19(20)24/h1-5,12-13H,6-11,14-15H2. The lowest BCUT2D eigenvalue weighted by Gasteiger charge is -2.52. The van der Waals surface area contributed by atoms with Crippen molar-refractivity contribution in [2.24, 2.45) is 0 Å². The topological polar surface area (TPSA) is 49.9 Å². The number of piperazine rings is 1. The van der Waals surface area contributed by atoms with Gasteiger partial charge in [0.2, 0.25) is 10.0 Å². The summed E-state index contributed by atoms with van der Waals surface area (Å²) < 4.78 is 74.4. The molecule has 9 heteroatoms. The van der Waals surface area contributed by atoms with E-state index in [0.717, 1.165) is 23.8 Å². The van der Waals surface area contributed by atoms with Gasteiger partial charge in [-0.3, -0.25) is 4.90 Å². The molecule has 2 aromatic carbocycles. The molecule has 0 amide bonds. The summed E-state index contributed by atoms with van der Waals surface area (Å²) in [5.74, 6) is -2.10. The predicted molar refractivity (Wildman–Crippen MR) is 105 cm³/mol. The second-order valence-electron chi connectivity index (χ2n) is 7.80. The lowest BCUT2D eigenvalue weighted by Crippen LogP contribution is -2.64. The summed E-state index contributed by atoms with van der Waals surface area (Å²) in [6.07, 6.45) is 1.19. The van der Waals surface area contributed by atoms with Gasteiger partial charge in [-0.25, -0.2) is 21.6 Å². The van der Waals surface area contributed by atoms with Gasteiger partial charge in [0.25, 0.3) is 0 Å². The molecule has 2 aromatic rings. The van der Waals surface area contributed by atoms with Crippen LogP contribution in [-0.2, 0) is 21.3 Å². The van der Waals surface area contributed by atoms with Gasteiger partial charge in [-0.05, 0) is 48.7 Å². The minimum absolute atomic E-state index is 0.135. The fourth-order valence-corrected chi connectivity index (χ4v) is 5.91. The quantitative estimate of drug-likeness (QED) is 0.733. The number of sulfonamides is 1. The third-order valence-corrected chi connectivity index (χ3v) is 7.82. The maximum atomic E-state index is 14.2. The SMILES string of the molecule is O=S(=O)(c1cc(F)ccc1F)N1CCN(Cc2cccc(F)c2)C2(CCOCC2)C1. The molecule has 2 aliphatic heterocycles. The van der Waals surface area contributed by atoms with Crippen molar-refractivity contribution in [2.45, 2.75) is 29.8 Å². The molecular formula is C21H23F3N2O3S. The molecule has 0 aliphatic carbocycles. The Morgan fingerprint density at radius 3 is 2.43 bits per heavy atom. The van der Waals surface area contributed by atoms with Gasteiger partial charge >= 0.3 is 0 Å². The number of nitrogens with zero attached hydrogens (tertiary/aromatic N) is 2. The summed E-state index contributed by atoms with van der Waals surface area (Å²) in [5.41, 5.74) is 0.285. The molecule has 5 nitrogen and oxygen atoms in total. The van der Waals surface area contributed by atoms with E-state index in [1.165, 1.54) is 16.4 Å². The van der Waals surface area contributed by atoms with E-state index >= 15 is 0 Å². The van der Waals surface area contributed by atoms with Gasteiger partial charge in [0.05, 0.1) is 0 Å². The highest BCUT2D eigenvalue weighted by atomic mass is 32.2. The van der Waals surface area contributed by atoms with E-state index in [4.69, 9.17) is 4.74 Å². The van der Waals surface area contributed by atoms with E-state index in [2.05, 4.69) is 4.90 Å². The molecule has 0 atom stereocenters. The molecule has 0 unspecified atom stereocenters. The second-order valence-corrected chi connectivity index (χ2v) is 9.71. The van der Waals surface area contributed by atoms with E-state index < -0.39 is 32.1 Å².